The second-order valence-corrected chi connectivity index (χ2v) is 4.15. The largest absolute Gasteiger partial charge is 0.326 e. The first-order valence-electron chi connectivity index (χ1n) is 4.54. The molecule has 0 amide bonds. The van der Waals surface area contributed by atoms with Gasteiger partial charge in [0.15, 0.2) is 0 Å². The van der Waals surface area contributed by atoms with Crippen LogP contribution in [-0.4, -0.2) is 4.98 Å². The molecule has 0 aromatic carbocycles. The highest BCUT2D eigenvalue weighted by Crippen LogP contribution is 2.16. The number of nitrogens with zero attached hydrogens (tertiary/aromatic N) is 1. The molecule has 2 heterocycles. The molecule has 2 rings (SSSR count). The van der Waals surface area contributed by atoms with Crippen molar-refractivity contribution in [1.29, 1.82) is 0 Å². The minimum atomic E-state index is 0.640. The Balaban J connectivity index is 2.11. The molecule has 3 heteroatoms. The lowest BCUT2D eigenvalue weighted by molar-refractivity contribution is 1.10. The summed E-state index contributed by atoms with van der Waals surface area (Å²) in [4.78, 5) is 5.24. The van der Waals surface area contributed by atoms with Crippen molar-refractivity contribution in [3.8, 4) is 0 Å². The molecule has 0 aliphatic rings. The molecule has 0 atom stereocenters. The summed E-state index contributed by atoms with van der Waals surface area (Å²) in [7, 11) is 0. The summed E-state index contributed by atoms with van der Waals surface area (Å²) >= 11 is 1.73. The number of pyridine rings is 1. The number of thiophene rings is 1. The van der Waals surface area contributed by atoms with Gasteiger partial charge in [-0.2, -0.15) is 0 Å². The Morgan fingerprint density at radius 1 is 1.21 bits per heavy atom. The summed E-state index contributed by atoms with van der Waals surface area (Å²) in [6.07, 6.45) is 4.62. The van der Waals surface area contributed by atoms with E-state index in [2.05, 4.69) is 16.4 Å². The molecular formula is C11H12N2S. The molecule has 0 aliphatic carbocycles. The van der Waals surface area contributed by atoms with E-state index in [1.165, 1.54) is 16.0 Å². The van der Waals surface area contributed by atoms with Crippen LogP contribution in [0.5, 0.6) is 0 Å². The lowest BCUT2D eigenvalue weighted by atomic mass is 10.1. The van der Waals surface area contributed by atoms with Crippen molar-refractivity contribution >= 4 is 11.3 Å². The molecule has 0 saturated carbocycles. The average Bonchev–Trinajstić information content (AvgIpc) is 2.67. The van der Waals surface area contributed by atoms with Gasteiger partial charge in [-0.05, 0) is 41.1 Å². The Bertz CT molecular complexity index is 395. The minimum Gasteiger partial charge on any atom is -0.326 e. The zero-order valence-corrected chi connectivity index (χ0v) is 8.63. The van der Waals surface area contributed by atoms with Gasteiger partial charge < -0.3 is 5.73 Å². The number of rotatable bonds is 3. The molecule has 0 radical (unpaired) electrons. The van der Waals surface area contributed by atoms with Crippen LogP contribution in [0.25, 0.3) is 0 Å². The smallest absolute Gasteiger partial charge is 0.0273 e. The zero-order valence-electron chi connectivity index (χ0n) is 7.81. The maximum absolute atomic E-state index is 5.56. The Morgan fingerprint density at radius 2 is 2.00 bits per heavy atom. The van der Waals surface area contributed by atoms with Gasteiger partial charge in [0.2, 0.25) is 0 Å². The Labute approximate surface area is 87.4 Å². The third-order valence-electron chi connectivity index (χ3n) is 2.07. The summed E-state index contributed by atoms with van der Waals surface area (Å²) in [5.74, 6) is 0. The van der Waals surface area contributed by atoms with Gasteiger partial charge in [0.25, 0.3) is 0 Å². The van der Waals surface area contributed by atoms with Crippen LogP contribution < -0.4 is 5.73 Å². The molecule has 2 aromatic rings. The van der Waals surface area contributed by atoms with Crippen molar-refractivity contribution in [3.05, 3.63) is 52.0 Å². The second-order valence-electron chi connectivity index (χ2n) is 3.16. The SMILES string of the molecule is NCc1cc(Cc2ccncc2)cs1. The van der Waals surface area contributed by atoms with Crippen molar-refractivity contribution < 1.29 is 0 Å². The lowest BCUT2D eigenvalue weighted by Crippen LogP contribution is -1.92. The van der Waals surface area contributed by atoms with Crippen LogP contribution >= 0.6 is 11.3 Å². The lowest BCUT2D eigenvalue weighted by Gasteiger charge is -1.96. The van der Waals surface area contributed by atoms with Gasteiger partial charge in [-0.3, -0.25) is 4.98 Å². The van der Waals surface area contributed by atoms with E-state index in [0.717, 1.165) is 6.42 Å². The Hall–Kier alpha value is -1.19. The van der Waals surface area contributed by atoms with Crippen molar-refractivity contribution in [3.63, 3.8) is 0 Å². The Morgan fingerprint density at radius 3 is 2.64 bits per heavy atom. The number of nitrogens with two attached hydrogens (primary N) is 1. The van der Waals surface area contributed by atoms with Crippen molar-refractivity contribution in [2.75, 3.05) is 0 Å². The van der Waals surface area contributed by atoms with Crippen LogP contribution in [0.2, 0.25) is 0 Å². The van der Waals surface area contributed by atoms with E-state index in [-0.39, 0.29) is 0 Å². The second kappa shape index (κ2) is 4.35. The number of hydrogen-bond donors (Lipinski definition) is 1. The van der Waals surface area contributed by atoms with Crippen molar-refractivity contribution in [2.45, 2.75) is 13.0 Å². The predicted molar refractivity (Wildman–Crippen MR) is 59.3 cm³/mol. The molecule has 72 valence electrons. The first kappa shape index (κ1) is 9.37. The van der Waals surface area contributed by atoms with E-state index in [9.17, 15) is 0 Å². The summed E-state index contributed by atoms with van der Waals surface area (Å²) < 4.78 is 0. The normalized spacial score (nSPS) is 10.4. The van der Waals surface area contributed by atoms with Gasteiger partial charge in [-0.1, -0.05) is 0 Å². The van der Waals surface area contributed by atoms with Crippen molar-refractivity contribution in [1.82, 2.24) is 4.98 Å². The fourth-order valence-corrected chi connectivity index (χ4v) is 2.13. The van der Waals surface area contributed by atoms with E-state index in [0.29, 0.717) is 6.54 Å². The zero-order chi connectivity index (χ0) is 9.80. The molecule has 2 N–H and O–H groups in total. The number of aromatic nitrogens is 1. The Kier molecular flexibility index (Phi) is 2.91. The summed E-state index contributed by atoms with van der Waals surface area (Å²) in [6, 6.07) is 6.25. The molecule has 0 saturated heterocycles. The van der Waals surface area contributed by atoms with E-state index >= 15 is 0 Å². The molecule has 0 spiro atoms. The summed E-state index contributed by atoms with van der Waals surface area (Å²) in [5.41, 5.74) is 8.18. The highest BCUT2D eigenvalue weighted by atomic mass is 32.1. The minimum absolute atomic E-state index is 0.640. The predicted octanol–water partition coefficient (Wildman–Crippen LogP) is 2.19. The maximum atomic E-state index is 5.56. The van der Waals surface area contributed by atoms with E-state index in [1.807, 2.05) is 24.5 Å². The number of hydrogen-bond acceptors (Lipinski definition) is 3. The fourth-order valence-electron chi connectivity index (χ4n) is 1.36. The topological polar surface area (TPSA) is 38.9 Å². The average molecular weight is 204 g/mol. The molecule has 0 unspecified atom stereocenters. The van der Waals surface area contributed by atoms with Gasteiger partial charge in [0, 0.05) is 23.8 Å². The quantitative estimate of drug-likeness (QED) is 0.832. The molecule has 14 heavy (non-hydrogen) atoms. The van der Waals surface area contributed by atoms with Crippen LogP contribution in [0.4, 0.5) is 0 Å². The monoisotopic (exact) mass is 204 g/mol. The third kappa shape index (κ3) is 2.19. The maximum Gasteiger partial charge on any atom is 0.0273 e. The van der Waals surface area contributed by atoms with Gasteiger partial charge in [0.05, 0.1) is 0 Å². The van der Waals surface area contributed by atoms with Gasteiger partial charge >= 0.3 is 0 Å². The van der Waals surface area contributed by atoms with Crippen LogP contribution in [-0.2, 0) is 13.0 Å². The highest BCUT2D eigenvalue weighted by molar-refractivity contribution is 7.10. The fraction of sp³-hybridized carbons (Fsp3) is 0.182. The molecular weight excluding hydrogens is 192 g/mol. The van der Waals surface area contributed by atoms with E-state index < -0.39 is 0 Å². The standard InChI is InChI=1S/C11H12N2S/c12-7-11-6-10(8-14-11)5-9-1-3-13-4-2-9/h1-4,6,8H,5,7,12H2. The van der Waals surface area contributed by atoms with Crippen LogP contribution in [0.15, 0.2) is 36.0 Å². The van der Waals surface area contributed by atoms with Crippen LogP contribution in [0.3, 0.4) is 0 Å². The van der Waals surface area contributed by atoms with Gasteiger partial charge in [-0.25, -0.2) is 0 Å². The molecule has 0 fully saturated rings. The third-order valence-corrected chi connectivity index (χ3v) is 3.07. The molecule has 2 nitrogen and oxygen atoms in total. The summed E-state index contributed by atoms with van der Waals surface area (Å²) in [5, 5.41) is 2.17. The van der Waals surface area contributed by atoms with Crippen LogP contribution in [0, 0.1) is 0 Å². The van der Waals surface area contributed by atoms with Crippen molar-refractivity contribution in [2.24, 2.45) is 5.73 Å². The molecule has 0 aliphatic heterocycles. The first-order valence-corrected chi connectivity index (χ1v) is 5.41. The molecule has 2 aromatic heterocycles. The van der Waals surface area contributed by atoms with Crippen LogP contribution in [0.1, 0.15) is 16.0 Å². The van der Waals surface area contributed by atoms with E-state index in [1.54, 1.807) is 11.3 Å². The van der Waals surface area contributed by atoms with Gasteiger partial charge in [-0.15, -0.1) is 11.3 Å². The first-order chi connectivity index (χ1) is 6.88. The summed E-state index contributed by atoms with van der Waals surface area (Å²) in [6.45, 7) is 0.640. The molecule has 0 bridgehead atoms. The van der Waals surface area contributed by atoms with E-state index in [4.69, 9.17) is 5.73 Å². The highest BCUT2D eigenvalue weighted by Gasteiger charge is 1.99. The van der Waals surface area contributed by atoms with Gasteiger partial charge in [0.1, 0.15) is 0 Å².